The van der Waals surface area contributed by atoms with Crippen molar-refractivity contribution in [2.45, 2.75) is 19.4 Å². The second-order valence-corrected chi connectivity index (χ2v) is 3.87. The van der Waals surface area contributed by atoms with Gasteiger partial charge in [0, 0.05) is 13.0 Å². The fourth-order valence-corrected chi connectivity index (χ4v) is 1.38. The highest BCUT2D eigenvalue weighted by atomic mass is 16.4. The standard InChI is InChI=1S/C12H15NO5/c1-7-3-2-4-8(10(7)15)11(16)13-6-5-9(14)12(17)18/h2-4,9,14-15H,5-6H2,1H3,(H,13,16)(H,17,18)/t9-/m0/s1. The number of carbonyl (C=O) groups is 2. The summed E-state index contributed by atoms with van der Waals surface area (Å²) < 4.78 is 0. The van der Waals surface area contributed by atoms with Gasteiger partial charge in [-0.05, 0) is 18.6 Å². The molecule has 0 aliphatic rings. The number of phenols is 1. The molecule has 6 nitrogen and oxygen atoms in total. The van der Waals surface area contributed by atoms with E-state index in [1.165, 1.54) is 6.07 Å². The number of hydrogen-bond donors (Lipinski definition) is 4. The van der Waals surface area contributed by atoms with Gasteiger partial charge in [-0.3, -0.25) is 4.79 Å². The van der Waals surface area contributed by atoms with Crippen LogP contribution < -0.4 is 5.32 Å². The van der Waals surface area contributed by atoms with E-state index in [2.05, 4.69) is 5.32 Å². The lowest BCUT2D eigenvalue weighted by Crippen LogP contribution is -2.30. The molecule has 1 aromatic rings. The smallest absolute Gasteiger partial charge is 0.332 e. The molecule has 1 rings (SSSR count). The molecule has 6 heteroatoms. The van der Waals surface area contributed by atoms with Crippen molar-refractivity contribution in [3.8, 4) is 5.75 Å². The van der Waals surface area contributed by atoms with Gasteiger partial charge in [-0.1, -0.05) is 12.1 Å². The van der Waals surface area contributed by atoms with Crippen LogP contribution >= 0.6 is 0 Å². The van der Waals surface area contributed by atoms with Crippen molar-refractivity contribution < 1.29 is 24.9 Å². The summed E-state index contributed by atoms with van der Waals surface area (Å²) in [6.07, 6.45) is -1.59. The van der Waals surface area contributed by atoms with Gasteiger partial charge < -0.3 is 20.6 Å². The maximum absolute atomic E-state index is 11.7. The highest BCUT2D eigenvalue weighted by molar-refractivity contribution is 5.97. The number of carboxylic acid groups (broad SMARTS) is 1. The molecule has 0 spiro atoms. The number of aliphatic hydroxyl groups excluding tert-OH is 1. The van der Waals surface area contributed by atoms with Crippen LogP contribution in [0.1, 0.15) is 22.3 Å². The van der Waals surface area contributed by atoms with E-state index in [1.54, 1.807) is 19.1 Å². The Hall–Kier alpha value is -2.08. The zero-order valence-electron chi connectivity index (χ0n) is 9.88. The zero-order valence-corrected chi connectivity index (χ0v) is 9.88. The molecule has 4 N–H and O–H groups in total. The Kier molecular flexibility index (Phi) is 4.67. The number of rotatable bonds is 5. The van der Waals surface area contributed by atoms with Gasteiger partial charge in [0.1, 0.15) is 5.75 Å². The Balaban J connectivity index is 2.56. The van der Waals surface area contributed by atoms with Gasteiger partial charge in [0.25, 0.3) is 5.91 Å². The molecule has 0 aliphatic heterocycles. The number of aryl methyl sites for hydroxylation is 1. The first-order chi connectivity index (χ1) is 8.43. The number of phenolic OH excluding ortho intramolecular Hbond substituents is 1. The van der Waals surface area contributed by atoms with E-state index < -0.39 is 18.0 Å². The number of para-hydroxylation sites is 1. The summed E-state index contributed by atoms with van der Waals surface area (Å²) in [6.45, 7) is 1.68. The minimum Gasteiger partial charge on any atom is -0.507 e. The molecule has 0 fully saturated rings. The Morgan fingerprint density at radius 3 is 2.67 bits per heavy atom. The lowest BCUT2D eigenvalue weighted by molar-refractivity contribution is -0.146. The number of benzene rings is 1. The number of aromatic hydroxyl groups is 1. The maximum atomic E-state index is 11.7. The van der Waals surface area contributed by atoms with E-state index in [-0.39, 0.29) is 24.3 Å². The monoisotopic (exact) mass is 253 g/mol. The minimum atomic E-state index is -1.50. The topological polar surface area (TPSA) is 107 Å². The van der Waals surface area contributed by atoms with Crippen LogP contribution in [-0.2, 0) is 4.79 Å². The molecule has 18 heavy (non-hydrogen) atoms. The van der Waals surface area contributed by atoms with Crippen molar-refractivity contribution in [1.82, 2.24) is 5.32 Å². The minimum absolute atomic E-state index is 0.0136. The molecule has 1 aromatic carbocycles. The molecule has 0 radical (unpaired) electrons. The fraction of sp³-hybridized carbons (Fsp3) is 0.333. The normalized spacial score (nSPS) is 11.9. The number of hydrogen-bond acceptors (Lipinski definition) is 4. The van der Waals surface area contributed by atoms with Gasteiger partial charge >= 0.3 is 5.97 Å². The molecule has 1 amide bonds. The molecule has 0 bridgehead atoms. The number of aliphatic carboxylic acids is 1. The van der Waals surface area contributed by atoms with Crippen molar-refractivity contribution in [2.75, 3.05) is 6.54 Å². The quantitative estimate of drug-likeness (QED) is 0.602. The average Bonchev–Trinajstić information content (AvgIpc) is 2.32. The van der Waals surface area contributed by atoms with Crippen LogP contribution in [0.4, 0.5) is 0 Å². The molecule has 0 unspecified atom stereocenters. The number of carboxylic acids is 1. The number of nitrogens with one attached hydrogen (secondary N) is 1. The molecule has 0 heterocycles. The number of carbonyl (C=O) groups excluding carboxylic acids is 1. The van der Waals surface area contributed by atoms with Crippen LogP contribution in [0.25, 0.3) is 0 Å². The third-order valence-electron chi connectivity index (χ3n) is 2.47. The second-order valence-electron chi connectivity index (χ2n) is 3.87. The lowest BCUT2D eigenvalue weighted by atomic mass is 10.1. The summed E-state index contributed by atoms with van der Waals surface area (Å²) >= 11 is 0. The number of amides is 1. The third-order valence-corrected chi connectivity index (χ3v) is 2.47. The highest BCUT2D eigenvalue weighted by Gasteiger charge is 2.15. The first kappa shape index (κ1) is 14.0. The summed E-state index contributed by atoms with van der Waals surface area (Å²) in [4.78, 5) is 22.0. The largest absolute Gasteiger partial charge is 0.507 e. The zero-order chi connectivity index (χ0) is 13.7. The SMILES string of the molecule is Cc1cccc(C(=O)NCC[C@H](O)C(=O)O)c1O. The predicted molar refractivity (Wildman–Crippen MR) is 63.4 cm³/mol. The predicted octanol–water partition coefficient (Wildman–Crippen LogP) is 0.266. The second kappa shape index (κ2) is 6.02. The maximum Gasteiger partial charge on any atom is 0.332 e. The summed E-state index contributed by atoms with van der Waals surface area (Å²) in [5.41, 5.74) is 0.702. The first-order valence-corrected chi connectivity index (χ1v) is 5.41. The van der Waals surface area contributed by atoms with Gasteiger partial charge in [-0.15, -0.1) is 0 Å². The summed E-state index contributed by atoms with van der Waals surface area (Å²) in [5, 5.41) is 29.5. The van der Waals surface area contributed by atoms with E-state index >= 15 is 0 Å². The molecular weight excluding hydrogens is 238 g/mol. The van der Waals surface area contributed by atoms with Crippen LogP contribution in [0, 0.1) is 6.92 Å². The van der Waals surface area contributed by atoms with E-state index in [0.717, 1.165) is 0 Å². The van der Waals surface area contributed by atoms with E-state index in [4.69, 9.17) is 10.2 Å². The summed E-state index contributed by atoms with van der Waals surface area (Å²) in [7, 11) is 0. The molecule has 0 aromatic heterocycles. The van der Waals surface area contributed by atoms with Crippen molar-refractivity contribution in [3.05, 3.63) is 29.3 Å². The molecule has 0 saturated heterocycles. The molecular formula is C12H15NO5. The Labute approximate surface area is 104 Å². The first-order valence-electron chi connectivity index (χ1n) is 5.41. The number of aliphatic hydroxyl groups is 1. The van der Waals surface area contributed by atoms with Gasteiger partial charge in [0.15, 0.2) is 6.10 Å². The van der Waals surface area contributed by atoms with Crippen LogP contribution in [0.15, 0.2) is 18.2 Å². The average molecular weight is 253 g/mol. The van der Waals surface area contributed by atoms with Crippen molar-refractivity contribution in [3.63, 3.8) is 0 Å². The Morgan fingerprint density at radius 2 is 2.06 bits per heavy atom. The van der Waals surface area contributed by atoms with Gasteiger partial charge in [-0.25, -0.2) is 4.79 Å². The fourth-order valence-electron chi connectivity index (χ4n) is 1.38. The van der Waals surface area contributed by atoms with E-state index in [0.29, 0.717) is 5.56 Å². The lowest BCUT2D eigenvalue weighted by Gasteiger charge is -2.09. The van der Waals surface area contributed by atoms with Crippen molar-refractivity contribution in [1.29, 1.82) is 0 Å². The van der Waals surface area contributed by atoms with Gasteiger partial charge in [-0.2, -0.15) is 0 Å². The molecule has 98 valence electrons. The molecule has 0 aliphatic carbocycles. The third kappa shape index (κ3) is 3.46. The van der Waals surface area contributed by atoms with Crippen LogP contribution in [0.5, 0.6) is 5.75 Å². The highest BCUT2D eigenvalue weighted by Crippen LogP contribution is 2.20. The van der Waals surface area contributed by atoms with Gasteiger partial charge in [0.2, 0.25) is 0 Å². The van der Waals surface area contributed by atoms with Crippen LogP contribution in [0.2, 0.25) is 0 Å². The molecule has 0 saturated carbocycles. The molecule has 1 atom stereocenters. The van der Waals surface area contributed by atoms with Gasteiger partial charge in [0.05, 0.1) is 5.56 Å². The Morgan fingerprint density at radius 1 is 1.39 bits per heavy atom. The summed E-state index contributed by atoms with van der Waals surface area (Å²) in [6, 6.07) is 4.77. The Bertz CT molecular complexity index is 458. The van der Waals surface area contributed by atoms with E-state index in [9.17, 15) is 14.7 Å². The van der Waals surface area contributed by atoms with Crippen LogP contribution in [-0.4, -0.2) is 39.8 Å². The van der Waals surface area contributed by atoms with Crippen molar-refractivity contribution >= 4 is 11.9 Å². The van der Waals surface area contributed by atoms with E-state index in [1.807, 2.05) is 0 Å². The summed E-state index contributed by atoms with van der Waals surface area (Å²) in [5.74, 6) is -1.94. The van der Waals surface area contributed by atoms with Crippen LogP contribution in [0.3, 0.4) is 0 Å². The van der Waals surface area contributed by atoms with Crippen molar-refractivity contribution in [2.24, 2.45) is 0 Å².